The first-order chi connectivity index (χ1) is 31.5. The fraction of sp³-hybridized carbons (Fsp3) is 0.471. The van der Waals surface area contributed by atoms with Gasteiger partial charge in [0.25, 0.3) is 0 Å². The molecule has 0 saturated heterocycles. The van der Waals surface area contributed by atoms with Gasteiger partial charge in [0, 0.05) is 30.3 Å². The number of aromatic amines is 1. The predicted octanol–water partition coefficient (Wildman–Crippen LogP) is 8.52. The third kappa shape index (κ3) is 16.4. The number of hydrogen-bond acceptors (Lipinski definition) is 11. The quantitative estimate of drug-likeness (QED) is 0.0443. The molecule has 352 valence electrons. The van der Waals surface area contributed by atoms with Gasteiger partial charge in [0.15, 0.2) is 0 Å². The molecule has 0 radical (unpaired) electrons. The molecule has 0 unspecified atom stereocenters. The summed E-state index contributed by atoms with van der Waals surface area (Å²) < 4.78 is 49.6. The van der Waals surface area contributed by atoms with Crippen molar-refractivity contribution < 1.29 is 52.3 Å². The number of hydrogen-bond donors (Lipinski definition) is 3. The average molecular weight is 898 g/mol. The second kappa shape index (κ2) is 26.3. The van der Waals surface area contributed by atoms with Crippen LogP contribution in [0.5, 0.6) is 11.5 Å². The smallest absolute Gasteiger partial charge is 0.407 e. The molecule has 14 nitrogen and oxygen atoms in total. The first-order valence-corrected chi connectivity index (χ1v) is 22.6. The van der Waals surface area contributed by atoms with Gasteiger partial charge in [-0.3, -0.25) is 4.79 Å². The van der Waals surface area contributed by atoms with Crippen LogP contribution in [-0.2, 0) is 46.2 Å². The van der Waals surface area contributed by atoms with Crippen LogP contribution in [0.15, 0.2) is 91.2 Å². The first-order valence-electron chi connectivity index (χ1n) is 22.6. The van der Waals surface area contributed by atoms with Crippen LogP contribution in [0.2, 0.25) is 0 Å². The van der Waals surface area contributed by atoms with E-state index in [1.54, 1.807) is 46.1 Å². The Morgan fingerprint density at radius 1 is 0.892 bits per heavy atom. The van der Waals surface area contributed by atoms with Gasteiger partial charge in [0.05, 0.1) is 52.6 Å². The number of unbranched alkanes of at least 4 members (excludes halogenated alkanes) is 2. The van der Waals surface area contributed by atoms with Crippen molar-refractivity contribution in [2.45, 2.75) is 103 Å². The highest BCUT2D eigenvalue weighted by molar-refractivity contribution is 5.97. The van der Waals surface area contributed by atoms with Crippen LogP contribution in [0.3, 0.4) is 0 Å². The van der Waals surface area contributed by atoms with Crippen LogP contribution in [-0.4, -0.2) is 106 Å². The number of nitrogens with one attached hydrogen (secondary N) is 3. The highest BCUT2D eigenvalue weighted by Gasteiger charge is 2.40. The molecular formula is C51H67N3O11. The van der Waals surface area contributed by atoms with Crippen LogP contribution in [0.1, 0.15) is 87.4 Å². The number of amides is 2. The molecule has 0 bridgehead atoms. The van der Waals surface area contributed by atoms with Crippen molar-refractivity contribution in [3.63, 3.8) is 0 Å². The lowest BCUT2D eigenvalue weighted by Gasteiger charge is -2.37. The van der Waals surface area contributed by atoms with Crippen molar-refractivity contribution in [3.8, 4) is 11.5 Å². The molecule has 65 heavy (non-hydrogen) atoms. The van der Waals surface area contributed by atoms with Gasteiger partial charge in [0.2, 0.25) is 5.91 Å². The Bertz CT molecular complexity index is 2140. The predicted molar refractivity (Wildman–Crippen MR) is 250 cm³/mol. The number of carbonyl (C=O) groups excluding carboxylic acids is 3. The molecule has 4 atom stereocenters. The summed E-state index contributed by atoms with van der Waals surface area (Å²) >= 11 is 0. The number of cyclic esters (lactones) is 1. The van der Waals surface area contributed by atoms with Crippen LogP contribution < -0.4 is 20.1 Å². The monoisotopic (exact) mass is 897 g/mol. The van der Waals surface area contributed by atoms with Crippen LogP contribution in [0, 0.1) is 0 Å². The second-order valence-corrected chi connectivity index (χ2v) is 16.7. The SMILES string of the molecule is CCCCOc1cccc2c1C(=O)OC[C@H](NC(=O)Cc1c[nH]c3ccccc13)[C@@H](OC/C=C/CNC(=O)OC(C)(C)C)[C@H](OCc1ccc(OC)cc1)[C@H](OCCCC)COCC=C2. The molecule has 1 aromatic heterocycles. The Balaban J connectivity index is 1.55. The molecule has 4 aromatic rings. The van der Waals surface area contributed by atoms with E-state index in [9.17, 15) is 14.4 Å². The number of H-pyrrole nitrogens is 1. The topological polar surface area (TPSA) is 165 Å². The molecule has 3 aromatic carbocycles. The maximum Gasteiger partial charge on any atom is 0.407 e. The van der Waals surface area contributed by atoms with Crippen molar-refractivity contribution >= 4 is 34.9 Å². The number of esters is 1. The van der Waals surface area contributed by atoms with Crippen LogP contribution >= 0.6 is 0 Å². The molecule has 0 saturated carbocycles. The Hall–Kier alpha value is -5.67. The number of carbonyl (C=O) groups is 3. The Labute approximate surface area is 383 Å². The van der Waals surface area contributed by atoms with Crippen LogP contribution in [0.4, 0.5) is 4.79 Å². The third-order valence-corrected chi connectivity index (χ3v) is 10.4. The molecule has 14 heteroatoms. The Morgan fingerprint density at radius 3 is 2.45 bits per heavy atom. The van der Waals surface area contributed by atoms with E-state index in [0.717, 1.165) is 47.7 Å². The number of fused-ring (bicyclic) bond motifs is 2. The summed E-state index contributed by atoms with van der Waals surface area (Å²) in [5, 5.41) is 6.82. The number of rotatable bonds is 20. The van der Waals surface area contributed by atoms with Gasteiger partial charge in [-0.15, -0.1) is 0 Å². The van der Waals surface area contributed by atoms with Gasteiger partial charge < -0.3 is 53.5 Å². The van der Waals surface area contributed by atoms with Crippen molar-refractivity contribution in [2.24, 2.45) is 0 Å². The molecule has 1 aliphatic rings. The number of benzene rings is 3. The van der Waals surface area contributed by atoms with Gasteiger partial charge in [-0.1, -0.05) is 93.5 Å². The lowest BCUT2D eigenvalue weighted by atomic mass is 9.99. The van der Waals surface area contributed by atoms with Gasteiger partial charge in [-0.2, -0.15) is 0 Å². The van der Waals surface area contributed by atoms with Crippen LogP contribution in [0.25, 0.3) is 17.0 Å². The molecule has 2 heterocycles. The molecule has 0 aliphatic carbocycles. The number of methoxy groups -OCH3 is 1. The van der Waals surface area contributed by atoms with Gasteiger partial charge in [-0.05, 0) is 74.6 Å². The van der Waals surface area contributed by atoms with Crippen molar-refractivity contribution in [1.82, 2.24) is 15.6 Å². The van der Waals surface area contributed by atoms with E-state index in [1.165, 1.54) is 0 Å². The standard InChI is InChI=1S/C51H67N3O11/c1-7-9-28-60-43-21-15-17-37-18-16-27-59-35-44(61-29-10-8-2)48(63-33-36-22-24-39(58-6)25-23-36)47(62-30-14-13-26-52-50(57)65-51(3,4)5)42(34-64-49(56)46(37)43)54-45(55)31-38-32-53-41-20-12-11-19-40(38)41/h11-25,32,42,44,47-48,53H,7-10,26-31,33-35H2,1-6H3,(H,52,57)(H,54,55)/b14-13+,18-16?/t42-,44+,47+,48+/m0/s1. The highest BCUT2D eigenvalue weighted by atomic mass is 16.6. The Morgan fingerprint density at radius 2 is 1.68 bits per heavy atom. The van der Waals surface area contributed by atoms with E-state index in [0.29, 0.717) is 30.3 Å². The molecule has 2 amide bonds. The highest BCUT2D eigenvalue weighted by Crippen LogP contribution is 2.27. The van der Waals surface area contributed by atoms with E-state index in [-0.39, 0.29) is 57.5 Å². The molecule has 0 fully saturated rings. The Kier molecular flexibility index (Phi) is 20.4. The zero-order valence-electron chi connectivity index (χ0n) is 38.7. The molecule has 0 spiro atoms. The minimum absolute atomic E-state index is 0.0232. The van der Waals surface area contributed by atoms with E-state index in [2.05, 4.69) is 29.5 Å². The summed E-state index contributed by atoms with van der Waals surface area (Å²) in [5.41, 5.74) is 2.75. The minimum Gasteiger partial charge on any atom is -0.497 e. The lowest BCUT2D eigenvalue weighted by molar-refractivity contribution is -0.168. The van der Waals surface area contributed by atoms with Gasteiger partial charge in [-0.25, -0.2) is 9.59 Å². The average Bonchev–Trinajstić information content (AvgIpc) is 3.69. The number of aromatic nitrogens is 1. The van der Waals surface area contributed by atoms with Gasteiger partial charge in [0.1, 0.15) is 47.6 Å². The molecule has 1 aliphatic heterocycles. The first kappa shape index (κ1) is 50.3. The summed E-state index contributed by atoms with van der Waals surface area (Å²) in [6.45, 7) is 10.7. The van der Waals surface area contributed by atoms with Gasteiger partial charge >= 0.3 is 12.1 Å². The molecule has 5 rings (SSSR count). The fourth-order valence-electron chi connectivity index (χ4n) is 7.10. The van der Waals surface area contributed by atoms with E-state index in [1.807, 2.05) is 79.0 Å². The summed E-state index contributed by atoms with van der Waals surface area (Å²) in [4.78, 5) is 44.3. The summed E-state index contributed by atoms with van der Waals surface area (Å²) in [7, 11) is 1.61. The van der Waals surface area contributed by atoms with E-state index >= 15 is 0 Å². The summed E-state index contributed by atoms with van der Waals surface area (Å²) in [6.07, 6.45) is 9.26. The summed E-state index contributed by atoms with van der Waals surface area (Å²) in [6, 6.07) is 19.7. The third-order valence-electron chi connectivity index (χ3n) is 10.4. The maximum absolute atomic E-state index is 14.4. The zero-order chi connectivity index (χ0) is 46.4. The second-order valence-electron chi connectivity index (χ2n) is 16.7. The van der Waals surface area contributed by atoms with Crippen molar-refractivity contribution in [3.05, 3.63) is 113 Å². The molecule has 3 N–H and O–H groups in total. The summed E-state index contributed by atoms with van der Waals surface area (Å²) in [5.74, 6) is 0.122. The van der Waals surface area contributed by atoms with Crippen molar-refractivity contribution in [1.29, 1.82) is 0 Å². The number of para-hydroxylation sites is 1. The molecular weight excluding hydrogens is 831 g/mol. The number of alkyl carbamates (subject to hydrolysis) is 1. The normalized spacial score (nSPS) is 18.4. The lowest BCUT2D eigenvalue weighted by Crippen LogP contribution is -2.57. The van der Waals surface area contributed by atoms with Crippen molar-refractivity contribution in [2.75, 3.05) is 53.3 Å². The zero-order valence-corrected chi connectivity index (χ0v) is 38.7. The number of ether oxygens (including phenoxy) is 8. The fourth-order valence-corrected chi connectivity index (χ4v) is 7.10. The van der Waals surface area contributed by atoms with E-state index < -0.39 is 42.0 Å². The van der Waals surface area contributed by atoms with E-state index in [4.69, 9.17) is 37.9 Å². The largest absolute Gasteiger partial charge is 0.497 e. The maximum atomic E-state index is 14.4. The minimum atomic E-state index is -0.986.